The van der Waals surface area contributed by atoms with Crippen LogP contribution in [0.1, 0.15) is 87.7 Å². The lowest BCUT2D eigenvalue weighted by Crippen LogP contribution is -2.55. The van der Waals surface area contributed by atoms with Crippen LogP contribution < -0.4 is 10.6 Å². The molecule has 0 aromatic heterocycles. The average molecular weight is 536 g/mol. The molecule has 3 rings (SSSR count). The third-order valence-electron chi connectivity index (χ3n) is 7.54. The largest absolute Gasteiger partial charge is 0.444 e. The van der Waals surface area contributed by atoms with Crippen molar-refractivity contribution in [2.24, 2.45) is 5.92 Å². The van der Waals surface area contributed by atoms with E-state index in [0.29, 0.717) is 6.42 Å². The zero-order chi connectivity index (χ0) is 29.1. The van der Waals surface area contributed by atoms with Gasteiger partial charge in [0.05, 0.1) is 0 Å². The van der Waals surface area contributed by atoms with Crippen LogP contribution in [-0.2, 0) is 14.3 Å². The number of para-hydroxylation sites is 1. The van der Waals surface area contributed by atoms with Gasteiger partial charge in [0.25, 0.3) is 5.91 Å². The zero-order valence-corrected chi connectivity index (χ0v) is 25.0. The van der Waals surface area contributed by atoms with Gasteiger partial charge in [-0.3, -0.25) is 9.59 Å². The summed E-state index contributed by atoms with van der Waals surface area (Å²) in [6.07, 6.45) is 1.65. The van der Waals surface area contributed by atoms with E-state index >= 15 is 0 Å². The van der Waals surface area contributed by atoms with E-state index in [9.17, 15) is 14.4 Å². The molecule has 2 aromatic carbocycles. The Labute approximate surface area is 233 Å². The standard InChI is InChI=1S/C32H45N3O4/c1-10-19(2)27(34-31(38)39-32(7,8)9)30(37)35(24-17-18-24)28(25-16-12-13-20(3)23(25)6)29(36)33-26-21(4)14-11-15-22(26)5/h11-16,19,24,27-28H,10,17-18H2,1-9H3,(H,33,36)(H,34,38). The number of rotatable bonds is 9. The quantitative estimate of drug-likeness (QED) is 0.382. The molecule has 1 aliphatic carbocycles. The summed E-state index contributed by atoms with van der Waals surface area (Å²) in [4.78, 5) is 43.1. The van der Waals surface area contributed by atoms with Gasteiger partial charge in [-0.05, 0) is 95.0 Å². The van der Waals surface area contributed by atoms with Crippen LogP contribution in [0.3, 0.4) is 0 Å². The van der Waals surface area contributed by atoms with Crippen LogP contribution in [0.15, 0.2) is 36.4 Å². The molecule has 39 heavy (non-hydrogen) atoms. The first-order valence-corrected chi connectivity index (χ1v) is 14.0. The van der Waals surface area contributed by atoms with Crippen LogP contribution in [0.2, 0.25) is 0 Å². The Morgan fingerprint density at radius 2 is 1.54 bits per heavy atom. The average Bonchev–Trinajstić information content (AvgIpc) is 3.68. The fraction of sp³-hybridized carbons (Fsp3) is 0.531. The van der Waals surface area contributed by atoms with Crippen molar-refractivity contribution in [2.45, 2.75) is 105 Å². The van der Waals surface area contributed by atoms with E-state index in [0.717, 1.165) is 46.3 Å². The third-order valence-corrected chi connectivity index (χ3v) is 7.54. The second kappa shape index (κ2) is 12.2. The number of ether oxygens (including phenoxy) is 1. The Hall–Kier alpha value is -3.35. The van der Waals surface area contributed by atoms with E-state index in [1.807, 2.05) is 77.9 Å². The van der Waals surface area contributed by atoms with E-state index in [2.05, 4.69) is 10.6 Å². The number of carbonyl (C=O) groups excluding carboxylic acids is 3. The van der Waals surface area contributed by atoms with Gasteiger partial charge in [-0.25, -0.2) is 4.79 Å². The summed E-state index contributed by atoms with van der Waals surface area (Å²) in [5.74, 6) is -0.686. The monoisotopic (exact) mass is 535 g/mol. The summed E-state index contributed by atoms with van der Waals surface area (Å²) in [6, 6.07) is 9.99. The molecule has 0 radical (unpaired) electrons. The normalized spacial score (nSPS) is 15.6. The first-order chi connectivity index (χ1) is 18.2. The molecule has 0 bridgehead atoms. The van der Waals surface area contributed by atoms with E-state index < -0.39 is 23.8 Å². The van der Waals surface area contributed by atoms with E-state index in [-0.39, 0.29) is 23.8 Å². The highest BCUT2D eigenvalue weighted by molar-refractivity contribution is 6.00. The molecule has 2 N–H and O–H groups in total. The molecule has 0 saturated heterocycles. The van der Waals surface area contributed by atoms with Crippen LogP contribution in [0, 0.1) is 33.6 Å². The number of anilines is 1. The lowest BCUT2D eigenvalue weighted by Gasteiger charge is -2.37. The van der Waals surface area contributed by atoms with Crippen molar-refractivity contribution >= 4 is 23.6 Å². The van der Waals surface area contributed by atoms with Crippen LogP contribution >= 0.6 is 0 Å². The van der Waals surface area contributed by atoms with Crippen LogP contribution in [-0.4, -0.2) is 40.5 Å². The molecule has 3 unspecified atom stereocenters. The van der Waals surface area contributed by atoms with Crippen molar-refractivity contribution in [2.75, 3.05) is 5.32 Å². The molecular weight excluding hydrogens is 490 g/mol. The minimum absolute atomic E-state index is 0.0851. The SMILES string of the molecule is CCC(C)C(NC(=O)OC(C)(C)C)C(=O)N(C1CC1)C(C(=O)Nc1c(C)cccc1C)c1cccc(C)c1C. The van der Waals surface area contributed by atoms with Crippen molar-refractivity contribution < 1.29 is 19.1 Å². The second-order valence-corrected chi connectivity index (χ2v) is 11.9. The fourth-order valence-electron chi connectivity index (χ4n) is 4.84. The highest BCUT2D eigenvalue weighted by Gasteiger charge is 2.45. The maximum absolute atomic E-state index is 14.4. The van der Waals surface area contributed by atoms with Gasteiger partial charge in [0.1, 0.15) is 17.7 Å². The number of hydrogen-bond acceptors (Lipinski definition) is 4. The Morgan fingerprint density at radius 3 is 2.08 bits per heavy atom. The molecule has 0 heterocycles. The van der Waals surface area contributed by atoms with Gasteiger partial charge >= 0.3 is 6.09 Å². The summed E-state index contributed by atoms with van der Waals surface area (Å²) in [5, 5.41) is 5.99. The minimum Gasteiger partial charge on any atom is -0.444 e. The highest BCUT2D eigenvalue weighted by atomic mass is 16.6. The van der Waals surface area contributed by atoms with Gasteiger partial charge in [0, 0.05) is 11.7 Å². The molecular formula is C32H45N3O4. The van der Waals surface area contributed by atoms with E-state index in [1.54, 1.807) is 25.7 Å². The number of aryl methyl sites for hydroxylation is 3. The number of amides is 3. The number of carbonyl (C=O) groups is 3. The fourth-order valence-corrected chi connectivity index (χ4v) is 4.84. The van der Waals surface area contributed by atoms with Crippen molar-refractivity contribution in [1.29, 1.82) is 0 Å². The zero-order valence-electron chi connectivity index (χ0n) is 25.0. The smallest absolute Gasteiger partial charge is 0.408 e. The molecule has 3 atom stereocenters. The van der Waals surface area contributed by atoms with Crippen molar-refractivity contribution in [3.63, 3.8) is 0 Å². The Morgan fingerprint density at radius 1 is 0.974 bits per heavy atom. The number of hydrogen-bond donors (Lipinski definition) is 2. The predicted octanol–water partition coefficient (Wildman–Crippen LogP) is 6.53. The molecule has 0 spiro atoms. The highest BCUT2D eigenvalue weighted by Crippen LogP contribution is 2.38. The van der Waals surface area contributed by atoms with Crippen molar-refractivity contribution in [3.05, 3.63) is 64.2 Å². The van der Waals surface area contributed by atoms with Gasteiger partial charge in [0.2, 0.25) is 5.91 Å². The summed E-state index contributed by atoms with van der Waals surface area (Å²) in [5.41, 5.74) is 4.78. The predicted molar refractivity (Wildman–Crippen MR) is 156 cm³/mol. The first kappa shape index (κ1) is 30.2. The lowest BCUT2D eigenvalue weighted by atomic mass is 9.92. The summed E-state index contributed by atoms with van der Waals surface area (Å²) >= 11 is 0. The number of nitrogens with one attached hydrogen (secondary N) is 2. The van der Waals surface area contributed by atoms with Crippen LogP contribution in [0.25, 0.3) is 0 Å². The number of nitrogens with zero attached hydrogens (tertiary/aromatic N) is 1. The summed E-state index contributed by atoms with van der Waals surface area (Å²) in [6.45, 7) is 17.2. The molecule has 2 aromatic rings. The molecule has 0 aliphatic heterocycles. The molecule has 7 heteroatoms. The van der Waals surface area contributed by atoms with E-state index in [1.165, 1.54) is 0 Å². The molecule has 1 aliphatic rings. The minimum atomic E-state index is -0.851. The molecule has 1 fully saturated rings. The maximum atomic E-state index is 14.4. The van der Waals surface area contributed by atoms with Gasteiger partial charge in [0.15, 0.2) is 0 Å². The lowest BCUT2D eigenvalue weighted by molar-refractivity contribution is -0.142. The van der Waals surface area contributed by atoms with Gasteiger partial charge < -0.3 is 20.3 Å². The first-order valence-electron chi connectivity index (χ1n) is 14.0. The van der Waals surface area contributed by atoms with E-state index in [4.69, 9.17) is 4.74 Å². The van der Waals surface area contributed by atoms with Gasteiger partial charge in [-0.1, -0.05) is 56.7 Å². The Kier molecular flexibility index (Phi) is 9.47. The van der Waals surface area contributed by atoms with Gasteiger partial charge in [-0.2, -0.15) is 0 Å². The third kappa shape index (κ3) is 7.40. The summed E-state index contributed by atoms with van der Waals surface area (Å²) < 4.78 is 5.50. The topological polar surface area (TPSA) is 87.7 Å². The van der Waals surface area contributed by atoms with Crippen LogP contribution in [0.5, 0.6) is 0 Å². The Balaban J connectivity index is 2.08. The van der Waals surface area contributed by atoms with Crippen molar-refractivity contribution in [1.82, 2.24) is 10.2 Å². The molecule has 1 saturated carbocycles. The Bertz CT molecular complexity index is 1190. The van der Waals surface area contributed by atoms with Gasteiger partial charge in [-0.15, -0.1) is 0 Å². The number of alkyl carbamates (subject to hydrolysis) is 1. The number of benzene rings is 2. The summed E-state index contributed by atoms with van der Waals surface area (Å²) in [7, 11) is 0. The molecule has 7 nitrogen and oxygen atoms in total. The molecule has 212 valence electrons. The maximum Gasteiger partial charge on any atom is 0.408 e. The van der Waals surface area contributed by atoms with Crippen molar-refractivity contribution in [3.8, 4) is 0 Å². The van der Waals surface area contributed by atoms with Crippen LogP contribution in [0.4, 0.5) is 10.5 Å². The second-order valence-electron chi connectivity index (χ2n) is 11.9. The molecule has 3 amide bonds.